The lowest BCUT2D eigenvalue weighted by atomic mass is 10.1. The minimum atomic E-state index is -0.490. The Morgan fingerprint density at radius 2 is 1.43 bits per heavy atom. The van der Waals surface area contributed by atoms with Crippen molar-refractivity contribution in [3.05, 3.63) is 0 Å². The lowest BCUT2D eigenvalue weighted by molar-refractivity contribution is 0.0860. The Balaban J connectivity index is 0. The zero-order valence-electron chi connectivity index (χ0n) is 9.24. The van der Waals surface area contributed by atoms with E-state index in [1.807, 2.05) is 0 Å². The molecule has 88 valence electrons. The summed E-state index contributed by atoms with van der Waals surface area (Å²) in [4.78, 5) is 0. The second-order valence-electron chi connectivity index (χ2n) is 3.75. The Kier molecular flexibility index (Phi) is 14.9. The summed E-state index contributed by atoms with van der Waals surface area (Å²) in [5.74, 6) is 0. The fourth-order valence-corrected chi connectivity index (χ4v) is 1.43. The first kappa shape index (κ1) is 16.3. The molecular weight excluding hydrogens is 183 g/mol. The van der Waals surface area contributed by atoms with Crippen LogP contribution in [0.2, 0.25) is 0 Å². The molecule has 3 heteroatoms. The van der Waals surface area contributed by atoms with Crippen molar-refractivity contribution in [1.29, 1.82) is 0 Å². The summed E-state index contributed by atoms with van der Waals surface area (Å²) < 4.78 is 0. The summed E-state index contributed by atoms with van der Waals surface area (Å²) in [7, 11) is 0. The van der Waals surface area contributed by atoms with Gasteiger partial charge in [-0.2, -0.15) is 0 Å². The number of aliphatic hydroxyl groups is 2. The standard InChI is InChI=1S/C11H24O2.FH/c1-2-3-4-5-6-7-8-9-11(13)10-12;/h11-13H,2-10H2,1H3;1H. The van der Waals surface area contributed by atoms with E-state index in [9.17, 15) is 0 Å². The molecular formula is C11H25FO2. The summed E-state index contributed by atoms with van der Waals surface area (Å²) >= 11 is 0. The van der Waals surface area contributed by atoms with Crippen molar-refractivity contribution >= 4 is 0 Å². The monoisotopic (exact) mass is 208 g/mol. The van der Waals surface area contributed by atoms with Gasteiger partial charge in [-0.15, -0.1) is 0 Å². The van der Waals surface area contributed by atoms with Crippen molar-refractivity contribution in [2.75, 3.05) is 6.61 Å². The predicted octanol–water partition coefficient (Wildman–Crippen LogP) is 2.63. The van der Waals surface area contributed by atoms with Gasteiger partial charge in [0, 0.05) is 0 Å². The van der Waals surface area contributed by atoms with Crippen LogP contribution in [0.5, 0.6) is 0 Å². The van der Waals surface area contributed by atoms with Crippen molar-refractivity contribution < 1.29 is 14.9 Å². The van der Waals surface area contributed by atoms with Gasteiger partial charge >= 0.3 is 0 Å². The third-order valence-corrected chi connectivity index (χ3v) is 2.35. The van der Waals surface area contributed by atoms with Crippen LogP contribution in [0.4, 0.5) is 4.70 Å². The minimum absolute atomic E-state index is 0. The summed E-state index contributed by atoms with van der Waals surface area (Å²) in [5, 5.41) is 17.6. The lowest BCUT2D eigenvalue weighted by Gasteiger charge is -2.05. The molecule has 0 rings (SSSR count). The molecule has 0 saturated carbocycles. The maximum atomic E-state index is 9.05. The fourth-order valence-electron chi connectivity index (χ4n) is 1.43. The van der Waals surface area contributed by atoms with E-state index in [4.69, 9.17) is 10.2 Å². The maximum Gasteiger partial charge on any atom is 0.0770 e. The van der Waals surface area contributed by atoms with Crippen LogP contribution in [0.25, 0.3) is 0 Å². The summed E-state index contributed by atoms with van der Waals surface area (Å²) in [5.41, 5.74) is 0. The molecule has 0 amide bonds. The summed E-state index contributed by atoms with van der Waals surface area (Å²) in [6.07, 6.45) is 9.09. The average Bonchev–Trinajstić information content (AvgIpc) is 2.16. The summed E-state index contributed by atoms with van der Waals surface area (Å²) in [6, 6.07) is 0. The fraction of sp³-hybridized carbons (Fsp3) is 1.00. The number of rotatable bonds is 9. The molecule has 0 aromatic heterocycles. The Morgan fingerprint density at radius 3 is 1.93 bits per heavy atom. The number of hydrogen-bond acceptors (Lipinski definition) is 2. The first-order valence-corrected chi connectivity index (χ1v) is 5.60. The molecule has 0 spiro atoms. The van der Waals surface area contributed by atoms with E-state index in [0.29, 0.717) is 0 Å². The van der Waals surface area contributed by atoms with Crippen molar-refractivity contribution in [3.8, 4) is 0 Å². The predicted molar refractivity (Wildman–Crippen MR) is 58.2 cm³/mol. The number of hydrogen-bond donors (Lipinski definition) is 2. The molecule has 1 atom stereocenters. The largest absolute Gasteiger partial charge is 0.394 e. The maximum absolute atomic E-state index is 9.05. The molecule has 2 N–H and O–H groups in total. The van der Waals surface area contributed by atoms with Crippen molar-refractivity contribution in [3.63, 3.8) is 0 Å². The Morgan fingerprint density at radius 1 is 0.929 bits per heavy atom. The molecule has 0 radical (unpaired) electrons. The highest BCUT2D eigenvalue weighted by Gasteiger charge is 2.00. The van der Waals surface area contributed by atoms with Gasteiger partial charge in [0.2, 0.25) is 0 Å². The molecule has 0 aliphatic rings. The van der Waals surface area contributed by atoms with E-state index in [1.165, 1.54) is 38.5 Å². The Hall–Kier alpha value is -0.150. The Bertz CT molecular complexity index is 99.3. The van der Waals surface area contributed by atoms with E-state index in [-0.39, 0.29) is 11.3 Å². The third-order valence-electron chi connectivity index (χ3n) is 2.35. The van der Waals surface area contributed by atoms with Crippen molar-refractivity contribution in [1.82, 2.24) is 0 Å². The van der Waals surface area contributed by atoms with Gasteiger partial charge in [-0.25, -0.2) is 0 Å². The smallest absolute Gasteiger partial charge is 0.0770 e. The van der Waals surface area contributed by atoms with Gasteiger partial charge < -0.3 is 10.2 Å². The van der Waals surface area contributed by atoms with Crippen LogP contribution < -0.4 is 0 Å². The number of unbranched alkanes of at least 4 members (excludes halogenated alkanes) is 6. The van der Waals surface area contributed by atoms with Crippen LogP contribution in [-0.2, 0) is 0 Å². The topological polar surface area (TPSA) is 40.5 Å². The van der Waals surface area contributed by atoms with Gasteiger partial charge in [0.15, 0.2) is 0 Å². The van der Waals surface area contributed by atoms with Crippen LogP contribution in [0.15, 0.2) is 0 Å². The normalized spacial score (nSPS) is 12.2. The van der Waals surface area contributed by atoms with Gasteiger partial charge in [-0.3, -0.25) is 4.70 Å². The summed E-state index contributed by atoms with van der Waals surface area (Å²) in [6.45, 7) is 2.13. The van der Waals surface area contributed by atoms with Crippen LogP contribution >= 0.6 is 0 Å². The van der Waals surface area contributed by atoms with Crippen LogP contribution in [0.3, 0.4) is 0 Å². The number of aliphatic hydroxyl groups excluding tert-OH is 2. The van der Waals surface area contributed by atoms with Gasteiger partial charge in [-0.05, 0) is 6.42 Å². The highest BCUT2D eigenvalue weighted by atomic mass is 19.0. The molecule has 2 nitrogen and oxygen atoms in total. The van der Waals surface area contributed by atoms with E-state index < -0.39 is 6.10 Å². The highest BCUT2D eigenvalue weighted by molar-refractivity contribution is 4.53. The van der Waals surface area contributed by atoms with Gasteiger partial charge in [0.05, 0.1) is 12.7 Å². The molecule has 0 heterocycles. The molecule has 0 aliphatic carbocycles. The first-order valence-electron chi connectivity index (χ1n) is 5.60. The molecule has 0 bridgehead atoms. The number of halogens is 1. The molecule has 1 unspecified atom stereocenters. The van der Waals surface area contributed by atoms with Crippen LogP contribution in [-0.4, -0.2) is 22.9 Å². The lowest BCUT2D eigenvalue weighted by Crippen LogP contribution is -2.10. The molecule has 0 aliphatic heterocycles. The SMILES string of the molecule is CCCCCCCCCC(O)CO.F. The van der Waals surface area contributed by atoms with Crippen molar-refractivity contribution in [2.24, 2.45) is 0 Å². The average molecular weight is 208 g/mol. The van der Waals surface area contributed by atoms with Crippen LogP contribution in [0, 0.1) is 0 Å². The zero-order chi connectivity index (χ0) is 9.94. The third kappa shape index (κ3) is 11.8. The van der Waals surface area contributed by atoms with Gasteiger partial charge in [0.25, 0.3) is 0 Å². The van der Waals surface area contributed by atoms with E-state index in [2.05, 4.69) is 6.92 Å². The van der Waals surface area contributed by atoms with Gasteiger partial charge in [0.1, 0.15) is 0 Å². The Labute approximate surface area is 86.7 Å². The molecule has 14 heavy (non-hydrogen) atoms. The quantitative estimate of drug-likeness (QED) is 0.572. The first-order chi connectivity index (χ1) is 6.31. The second-order valence-corrected chi connectivity index (χ2v) is 3.75. The molecule has 0 aromatic rings. The van der Waals surface area contributed by atoms with E-state index >= 15 is 0 Å². The second kappa shape index (κ2) is 12.8. The van der Waals surface area contributed by atoms with Gasteiger partial charge in [-0.1, -0.05) is 51.9 Å². The van der Waals surface area contributed by atoms with Crippen LogP contribution in [0.1, 0.15) is 58.3 Å². The van der Waals surface area contributed by atoms with E-state index in [0.717, 1.165) is 12.8 Å². The highest BCUT2D eigenvalue weighted by Crippen LogP contribution is 2.09. The van der Waals surface area contributed by atoms with Crippen molar-refractivity contribution in [2.45, 2.75) is 64.4 Å². The molecule has 0 aromatic carbocycles. The molecule has 0 saturated heterocycles. The van der Waals surface area contributed by atoms with E-state index in [1.54, 1.807) is 0 Å². The minimum Gasteiger partial charge on any atom is -0.394 e. The molecule has 0 fully saturated rings. The zero-order valence-corrected chi connectivity index (χ0v) is 9.24.